The van der Waals surface area contributed by atoms with Crippen LogP contribution in [-0.4, -0.2) is 40.7 Å². The second-order valence-electron chi connectivity index (χ2n) is 7.09. The summed E-state index contributed by atoms with van der Waals surface area (Å²) in [6.07, 6.45) is 0.383. The Morgan fingerprint density at radius 2 is 1.66 bits per heavy atom. The molecule has 0 aliphatic carbocycles. The maximum absolute atomic E-state index is 12.8. The van der Waals surface area contributed by atoms with E-state index in [1.807, 2.05) is 0 Å². The highest BCUT2D eigenvalue weighted by atomic mass is 16.5. The molecule has 0 unspecified atom stereocenters. The molecule has 1 aromatic carbocycles. The number of ether oxygens (including phenoxy) is 1. The van der Waals surface area contributed by atoms with Crippen molar-refractivity contribution in [2.45, 2.75) is 39.5 Å². The normalized spacial score (nSPS) is 15.2. The summed E-state index contributed by atoms with van der Waals surface area (Å²) in [6, 6.07) is 8.66. The molecule has 2 heterocycles. The van der Waals surface area contributed by atoms with E-state index < -0.39 is 41.8 Å². The molecule has 2 atom stereocenters. The van der Waals surface area contributed by atoms with E-state index in [-0.39, 0.29) is 17.7 Å². The predicted octanol–water partition coefficient (Wildman–Crippen LogP) is 2.15. The molecular formula is C21H22N2O6. The summed E-state index contributed by atoms with van der Waals surface area (Å²) in [6.45, 7) is 4.99. The van der Waals surface area contributed by atoms with Gasteiger partial charge in [0.25, 0.3) is 17.7 Å². The number of rotatable bonds is 7. The zero-order valence-electron chi connectivity index (χ0n) is 16.4. The van der Waals surface area contributed by atoms with Crippen LogP contribution in [0.1, 0.15) is 47.2 Å². The molecule has 3 amide bonds. The quantitative estimate of drug-likeness (QED) is 0.566. The monoisotopic (exact) mass is 398 g/mol. The Balaban J connectivity index is 1.69. The van der Waals surface area contributed by atoms with Crippen LogP contribution in [0.5, 0.6) is 0 Å². The van der Waals surface area contributed by atoms with Crippen molar-refractivity contribution in [3.8, 4) is 0 Å². The van der Waals surface area contributed by atoms with Crippen molar-refractivity contribution in [3.63, 3.8) is 0 Å². The lowest BCUT2D eigenvalue weighted by molar-refractivity contribution is -0.159. The number of esters is 1. The highest BCUT2D eigenvalue weighted by Crippen LogP contribution is 2.27. The molecule has 8 heteroatoms. The van der Waals surface area contributed by atoms with E-state index in [9.17, 15) is 19.2 Å². The van der Waals surface area contributed by atoms with E-state index in [0.29, 0.717) is 5.76 Å². The topological polar surface area (TPSA) is 106 Å². The second-order valence-corrected chi connectivity index (χ2v) is 7.09. The Morgan fingerprint density at radius 1 is 1.03 bits per heavy atom. The third kappa shape index (κ3) is 4.06. The summed E-state index contributed by atoms with van der Waals surface area (Å²) < 4.78 is 10.4. The van der Waals surface area contributed by atoms with E-state index >= 15 is 0 Å². The molecule has 2 aromatic rings. The lowest BCUT2D eigenvalue weighted by atomic mass is 10.0. The molecule has 0 spiro atoms. The van der Waals surface area contributed by atoms with E-state index in [1.165, 1.54) is 13.2 Å². The van der Waals surface area contributed by atoms with Crippen molar-refractivity contribution >= 4 is 23.7 Å². The fourth-order valence-corrected chi connectivity index (χ4v) is 3.16. The minimum Gasteiger partial charge on any atom is -0.467 e. The van der Waals surface area contributed by atoms with Crippen molar-refractivity contribution in [2.24, 2.45) is 5.92 Å². The van der Waals surface area contributed by atoms with Gasteiger partial charge in [-0.3, -0.25) is 19.3 Å². The van der Waals surface area contributed by atoms with Gasteiger partial charge in [0, 0.05) is 0 Å². The molecule has 1 N–H and O–H groups in total. The Bertz CT molecular complexity index is 899. The first-order valence-electron chi connectivity index (χ1n) is 9.28. The van der Waals surface area contributed by atoms with Crippen molar-refractivity contribution in [3.05, 3.63) is 59.5 Å². The first-order chi connectivity index (χ1) is 13.8. The molecule has 0 bridgehead atoms. The van der Waals surface area contributed by atoms with Crippen LogP contribution in [0.25, 0.3) is 0 Å². The molecule has 1 aromatic heterocycles. The number of imide groups is 1. The SMILES string of the molecule is CC(C)[C@H](C(=O)O[C@H](C)C(=O)NCc1ccco1)N1C(=O)c2ccccc2C1=O. The lowest BCUT2D eigenvalue weighted by Gasteiger charge is -2.28. The number of nitrogens with zero attached hydrogens (tertiary/aromatic N) is 1. The van der Waals surface area contributed by atoms with Crippen LogP contribution < -0.4 is 5.32 Å². The number of hydrogen-bond donors (Lipinski definition) is 1. The van der Waals surface area contributed by atoms with E-state index in [0.717, 1.165) is 4.90 Å². The second kappa shape index (κ2) is 8.30. The highest BCUT2D eigenvalue weighted by molar-refractivity contribution is 6.22. The van der Waals surface area contributed by atoms with E-state index in [2.05, 4.69) is 5.32 Å². The zero-order chi connectivity index (χ0) is 21.1. The molecule has 0 saturated heterocycles. The molecule has 0 radical (unpaired) electrons. The van der Waals surface area contributed by atoms with Gasteiger partial charge in [0.05, 0.1) is 23.9 Å². The molecule has 152 valence electrons. The van der Waals surface area contributed by atoms with Crippen molar-refractivity contribution < 1.29 is 28.3 Å². The molecule has 1 aliphatic rings. The number of carbonyl (C=O) groups is 4. The van der Waals surface area contributed by atoms with Gasteiger partial charge in [0.2, 0.25) is 0 Å². The highest BCUT2D eigenvalue weighted by Gasteiger charge is 2.45. The maximum Gasteiger partial charge on any atom is 0.330 e. The summed E-state index contributed by atoms with van der Waals surface area (Å²) in [5.41, 5.74) is 0.500. The van der Waals surface area contributed by atoms with E-state index in [4.69, 9.17) is 9.15 Å². The minimum absolute atomic E-state index is 0.153. The number of fused-ring (bicyclic) bond motifs is 1. The number of furan rings is 1. The van der Waals surface area contributed by atoms with Crippen molar-refractivity contribution in [2.75, 3.05) is 0 Å². The molecule has 0 fully saturated rings. The molecule has 3 rings (SSSR count). The number of nitrogens with one attached hydrogen (secondary N) is 1. The molecular weight excluding hydrogens is 376 g/mol. The van der Waals surface area contributed by atoms with Gasteiger partial charge < -0.3 is 14.5 Å². The van der Waals surface area contributed by atoms with Crippen LogP contribution in [0.15, 0.2) is 47.1 Å². The molecule has 8 nitrogen and oxygen atoms in total. The van der Waals surface area contributed by atoms with Crippen LogP contribution >= 0.6 is 0 Å². The third-order valence-corrected chi connectivity index (χ3v) is 4.66. The van der Waals surface area contributed by atoms with Crippen molar-refractivity contribution in [1.29, 1.82) is 0 Å². The summed E-state index contributed by atoms with van der Waals surface area (Å²) in [7, 11) is 0. The average Bonchev–Trinajstić information content (AvgIpc) is 3.29. The van der Waals surface area contributed by atoms with Gasteiger partial charge in [-0.25, -0.2) is 4.79 Å². The fourth-order valence-electron chi connectivity index (χ4n) is 3.16. The van der Waals surface area contributed by atoms with E-state index in [1.54, 1.807) is 50.2 Å². The molecule has 29 heavy (non-hydrogen) atoms. The number of carbonyl (C=O) groups excluding carboxylic acids is 4. The average molecular weight is 398 g/mol. The minimum atomic E-state index is -1.14. The zero-order valence-corrected chi connectivity index (χ0v) is 16.4. The molecule has 0 saturated carbocycles. The van der Waals surface area contributed by atoms with Crippen LogP contribution in [0, 0.1) is 5.92 Å². The summed E-state index contributed by atoms with van der Waals surface area (Å²) in [5.74, 6) is -2.26. The van der Waals surface area contributed by atoms with Gasteiger partial charge in [-0.05, 0) is 37.1 Å². The third-order valence-electron chi connectivity index (χ3n) is 4.66. The first kappa shape index (κ1) is 20.3. The van der Waals surface area contributed by atoms with Gasteiger partial charge in [-0.2, -0.15) is 0 Å². The Morgan fingerprint density at radius 3 is 2.17 bits per heavy atom. The molecule has 1 aliphatic heterocycles. The standard InChI is InChI=1S/C21H22N2O6/c1-12(2)17(23-19(25)15-8-4-5-9-16(15)20(23)26)21(27)29-13(3)18(24)22-11-14-7-6-10-28-14/h4-10,12-13,17H,11H2,1-3H3,(H,22,24)/t13-,17-/m1/s1. The van der Waals surface area contributed by atoms with Gasteiger partial charge in [-0.15, -0.1) is 0 Å². The van der Waals surface area contributed by atoms with Crippen LogP contribution in [0.4, 0.5) is 0 Å². The number of benzene rings is 1. The smallest absolute Gasteiger partial charge is 0.330 e. The Hall–Kier alpha value is -3.42. The predicted molar refractivity (Wildman–Crippen MR) is 102 cm³/mol. The summed E-state index contributed by atoms with van der Waals surface area (Å²) in [5, 5.41) is 2.60. The van der Waals surface area contributed by atoms with Gasteiger partial charge in [0.1, 0.15) is 11.8 Å². The van der Waals surface area contributed by atoms with Crippen LogP contribution in [0.2, 0.25) is 0 Å². The van der Waals surface area contributed by atoms with Crippen LogP contribution in [0.3, 0.4) is 0 Å². The number of amides is 3. The van der Waals surface area contributed by atoms with Crippen molar-refractivity contribution in [1.82, 2.24) is 10.2 Å². The van der Waals surface area contributed by atoms with Gasteiger partial charge in [0.15, 0.2) is 6.10 Å². The fraction of sp³-hybridized carbons (Fsp3) is 0.333. The summed E-state index contributed by atoms with van der Waals surface area (Å²) in [4.78, 5) is 51.4. The Kier molecular flexibility index (Phi) is 5.81. The largest absolute Gasteiger partial charge is 0.467 e. The summed E-state index contributed by atoms with van der Waals surface area (Å²) >= 11 is 0. The first-order valence-corrected chi connectivity index (χ1v) is 9.28. The van der Waals surface area contributed by atoms with Crippen LogP contribution in [-0.2, 0) is 20.9 Å². The lowest BCUT2D eigenvalue weighted by Crippen LogP contribution is -2.50. The Labute approximate surface area is 167 Å². The van der Waals surface area contributed by atoms with Gasteiger partial charge in [-0.1, -0.05) is 26.0 Å². The van der Waals surface area contributed by atoms with Gasteiger partial charge >= 0.3 is 5.97 Å². The number of hydrogen-bond acceptors (Lipinski definition) is 6. The maximum atomic E-state index is 12.8.